The summed E-state index contributed by atoms with van der Waals surface area (Å²) in [6.45, 7) is 4.08. The van der Waals surface area contributed by atoms with E-state index in [2.05, 4.69) is 10.3 Å². The molecule has 6 heteroatoms. The molecule has 0 aliphatic heterocycles. The molecule has 0 saturated heterocycles. The van der Waals surface area contributed by atoms with Crippen LogP contribution in [-0.2, 0) is 9.53 Å². The van der Waals surface area contributed by atoms with Crippen molar-refractivity contribution in [2.24, 2.45) is 5.41 Å². The number of aromatic nitrogens is 3. The lowest BCUT2D eigenvalue weighted by atomic mass is 9.84. The van der Waals surface area contributed by atoms with Crippen molar-refractivity contribution in [1.82, 2.24) is 15.0 Å². The minimum atomic E-state index is -0.708. The van der Waals surface area contributed by atoms with Crippen LogP contribution in [0.15, 0.2) is 60.7 Å². The van der Waals surface area contributed by atoms with Gasteiger partial charge in [0, 0.05) is 11.1 Å². The molecule has 30 heavy (non-hydrogen) atoms. The Morgan fingerprint density at radius 3 is 2.43 bits per heavy atom. The lowest BCUT2D eigenvalue weighted by molar-refractivity contribution is -0.156. The summed E-state index contributed by atoms with van der Waals surface area (Å²) in [5.41, 5.74) is 1.64. The predicted octanol–water partition coefficient (Wildman–Crippen LogP) is 4.47. The van der Waals surface area contributed by atoms with Crippen LogP contribution in [0.25, 0.3) is 11.3 Å². The second-order valence-corrected chi connectivity index (χ2v) is 7.84. The Kier molecular flexibility index (Phi) is 5.48. The van der Waals surface area contributed by atoms with E-state index in [1.54, 1.807) is 16.8 Å². The van der Waals surface area contributed by atoms with Gasteiger partial charge in [-0.15, -0.1) is 5.10 Å². The van der Waals surface area contributed by atoms with Gasteiger partial charge in [-0.05, 0) is 26.7 Å². The van der Waals surface area contributed by atoms with Crippen LogP contribution < -0.4 is 0 Å². The molecule has 1 aliphatic carbocycles. The van der Waals surface area contributed by atoms with Gasteiger partial charge < -0.3 is 4.74 Å². The smallest absolute Gasteiger partial charge is 0.313 e. The first kappa shape index (κ1) is 20.0. The van der Waals surface area contributed by atoms with Crippen molar-refractivity contribution >= 4 is 11.8 Å². The molecule has 0 amide bonds. The topological polar surface area (TPSA) is 74.1 Å². The minimum absolute atomic E-state index is 0.184. The molecule has 2 atom stereocenters. The molecule has 0 unspecified atom stereocenters. The number of carbonyl (C=O) groups excluding carboxylic acids is 2. The fourth-order valence-corrected chi connectivity index (χ4v) is 4.33. The average molecular weight is 403 g/mol. The number of ketones is 1. The molecule has 0 N–H and O–H groups in total. The van der Waals surface area contributed by atoms with Crippen LogP contribution in [0, 0.1) is 5.41 Å². The van der Waals surface area contributed by atoms with Gasteiger partial charge in [-0.3, -0.25) is 9.59 Å². The van der Waals surface area contributed by atoms with Gasteiger partial charge in [-0.2, -0.15) is 0 Å². The summed E-state index contributed by atoms with van der Waals surface area (Å²) in [5, 5.41) is 8.69. The van der Waals surface area contributed by atoms with Crippen LogP contribution in [0.2, 0.25) is 0 Å². The molecule has 1 heterocycles. The van der Waals surface area contributed by atoms with Crippen molar-refractivity contribution in [2.75, 3.05) is 6.61 Å². The van der Waals surface area contributed by atoms with Gasteiger partial charge in [0.15, 0.2) is 5.69 Å². The molecule has 1 saturated carbocycles. The molecule has 1 aliphatic rings. The molecular weight excluding hydrogens is 378 g/mol. The zero-order chi connectivity index (χ0) is 21.1. The standard InChI is InChI=1S/C24H25N3O3/c1-3-30-23(29)24(2)16-10-15-19(24)27-21(17-11-6-4-7-12-17)20(25-26-27)22(28)18-13-8-5-9-14-18/h4-9,11-14,19H,3,10,15-16H2,1-2H3/t19-,24-/m1/s1. The van der Waals surface area contributed by atoms with Crippen LogP contribution in [0.3, 0.4) is 0 Å². The van der Waals surface area contributed by atoms with Crippen molar-refractivity contribution in [1.29, 1.82) is 0 Å². The van der Waals surface area contributed by atoms with E-state index < -0.39 is 5.41 Å². The van der Waals surface area contributed by atoms with E-state index in [0.29, 0.717) is 30.0 Å². The number of ether oxygens (including phenoxy) is 1. The second kappa shape index (κ2) is 8.22. The normalized spacial score (nSPS) is 20.8. The maximum atomic E-state index is 13.3. The Labute approximate surface area is 175 Å². The lowest BCUT2D eigenvalue weighted by Crippen LogP contribution is -2.36. The summed E-state index contributed by atoms with van der Waals surface area (Å²) in [5.74, 6) is -0.408. The van der Waals surface area contributed by atoms with Crippen LogP contribution in [0.4, 0.5) is 0 Å². The first-order valence-electron chi connectivity index (χ1n) is 10.3. The van der Waals surface area contributed by atoms with Crippen molar-refractivity contribution in [2.45, 2.75) is 39.2 Å². The Morgan fingerprint density at radius 2 is 1.77 bits per heavy atom. The van der Waals surface area contributed by atoms with Crippen molar-refractivity contribution in [3.63, 3.8) is 0 Å². The molecule has 4 rings (SSSR count). The molecule has 0 bridgehead atoms. The van der Waals surface area contributed by atoms with Gasteiger partial charge in [0.2, 0.25) is 5.78 Å². The Morgan fingerprint density at radius 1 is 1.10 bits per heavy atom. The maximum absolute atomic E-state index is 13.3. The number of esters is 1. The van der Waals surface area contributed by atoms with E-state index >= 15 is 0 Å². The number of benzene rings is 2. The number of hydrogen-bond acceptors (Lipinski definition) is 5. The fraction of sp³-hybridized carbons (Fsp3) is 0.333. The van der Waals surface area contributed by atoms with Gasteiger partial charge in [0.05, 0.1) is 18.1 Å². The summed E-state index contributed by atoms with van der Waals surface area (Å²) in [7, 11) is 0. The van der Waals surface area contributed by atoms with Crippen molar-refractivity contribution < 1.29 is 14.3 Å². The highest BCUT2D eigenvalue weighted by Gasteiger charge is 2.49. The van der Waals surface area contributed by atoms with E-state index in [0.717, 1.165) is 18.4 Å². The molecule has 6 nitrogen and oxygen atoms in total. The minimum Gasteiger partial charge on any atom is -0.466 e. The van der Waals surface area contributed by atoms with Gasteiger partial charge in [-0.1, -0.05) is 72.3 Å². The van der Waals surface area contributed by atoms with Gasteiger partial charge in [-0.25, -0.2) is 4.68 Å². The number of carbonyl (C=O) groups is 2. The molecule has 1 aromatic heterocycles. The van der Waals surface area contributed by atoms with E-state index in [4.69, 9.17) is 4.74 Å². The number of hydrogen-bond donors (Lipinski definition) is 0. The highest BCUT2D eigenvalue weighted by atomic mass is 16.5. The third kappa shape index (κ3) is 3.43. The summed E-state index contributed by atoms with van der Waals surface area (Å²) in [4.78, 5) is 26.1. The molecule has 0 spiro atoms. The maximum Gasteiger partial charge on any atom is 0.313 e. The fourth-order valence-electron chi connectivity index (χ4n) is 4.33. The Balaban J connectivity index is 1.84. The molecular formula is C24H25N3O3. The molecule has 2 aromatic carbocycles. The summed E-state index contributed by atoms with van der Waals surface area (Å²) >= 11 is 0. The van der Waals surface area contributed by atoms with Crippen molar-refractivity contribution in [3.8, 4) is 11.3 Å². The van der Waals surface area contributed by atoms with Gasteiger partial charge in [0.1, 0.15) is 5.69 Å². The van der Waals surface area contributed by atoms with Gasteiger partial charge in [0.25, 0.3) is 0 Å². The van der Waals surface area contributed by atoms with Crippen molar-refractivity contribution in [3.05, 3.63) is 71.9 Å². The largest absolute Gasteiger partial charge is 0.466 e. The molecule has 154 valence electrons. The van der Waals surface area contributed by atoms with Crippen LogP contribution in [-0.4, -0.2) is 33.4 Å². The summed E-state index contributed by atoms with van der Waals surface area (Å²) in [6.07, 6.45) is 2.38. The monoisotopic (exact) mass is 403 g/mol. The molecule has 0 radical (unpaired) electrons. The van der Waals surface area contributed by atoms with Crippen LogP contribution in [0.5, 0.6) is 0 Å². The zero-order valence-corrected chi connectivity index (χ0v) is 17.2. The highest BCUT2D eigenvalue weighted by molar-refractivity contribution is 6.11. The Bertz CT molecular complexity index is 1050. The molecule has 3 aromatic rings. The van der Waals surface area contributed by atoms with Gasteiger partial charge >= 0.3 is 5.97 Å². The predicted molar refractivity (Wildman–Crippen MR) is 113 cm³/mol. The third-order valence-electron chi connectivity index (χ3n) is 5.94. The quantitative estimate of drug-likeness (QED) is 0.448. The highest BCUT2D eigenvalue weighted by Crippen LogP contribution is 2.48. The summed E-state index contributed by atoms with van der Waals surface area (Å²) < 4.78 is 7.16. The SMILES string of the molecule is CCOC(=O)[C@]1(C)CCC[C@H]1n1nnc(C(=O)c2ccccc2)c1-c1ccccc1. The second-order valence-electron chi connectivity index (χ2n) is 7.84. The first-order chi connectivity index (χ1) is 14.6. The van der Waals surface area contributed by atoms with E-state index in [1.807, 2.05) is 62.4 Å². The van der Waals surface area contributed by atoms with Crippen LogP contribution in [0.1, 0.15) is 55.2 Å². The van der Waals surface area contributed by atoms with E-state index in [9.17, 15) is 9.59 Å². The lowest BCUT2D eigenvalue weighted by Gasteiger charge is -2.30. The third-order valence-corrected chi connectivity index (χ3v) is 5.94. The van der Waals surface area contributed by atoms with E-state index in [1.165, 1.54) is 0 Å². The first-order valence-corrected chi connectivity index (χ1v) is 10.3. The average Bonchev–Trinajstić information content (AvgIpc) is 3.39. The molecule has 1 fully saturated rings. The number of nitrogens with zero attached hydrogens (tertiary/aromatic N) is 3. The Hall–Kier alpha value is -3.28. The number of rotatable bonds is 6. The van der Waals surface area contributed by atoms with Crippen LogP contribution >= 0.6 is 0 Å². The van der Waals surface area contributed by atoms with E-state index in [-0.39, 0.29) is 17.8 Å². The summed E-state index contributed by atoms with van der Waals surface area (Å²) in [6, 6.07) is 18.5. The zero-order valence-electron chi connectivity index (χ0n) is 17.2.